The maximum absolute atomic E-state index is 11.2. The largest absolute Gasteiger partial charge is 0.369 e. The van der Waals surface area contributed by atoms with Crippen LogP contribution in [0.5, 0.6) is 0 Å². The van der Waals surface area contributed by atoms with E-state index in [4.69, 9.17) is 17.3 Å². The summed E-state index contributed by atoms with van der Waals surface area (Å²) in [5.41, 5.74) is 8.41. The predicted molar refractivity (Wildman–Crippen MR) is 110 cm³/mol. The summed E-state index contributed by atoms with van der Waals surface area (Å²) in [5, 5.41) is 9.88. The molecular formula is C20H21ClN4OS. The van der Waals surface area contributed by atoms with Crippen LogP contribution in [0.15, 0.2) is 53.7 Å². The molecule has 7 heteroatoms. The minimum Gasteiger partial charge on any atom is -0.369 e. The third kappa shape index (κ3) is 4.51. The van der Waals surface area contributed by atoms with E-state index in [1.54, 1.807) is 0 Å². The van der Waals surface area contributed by atoms with Gasteiger partial charge in [0.25, 0.3) is 0 Å². The third-order valence-corrected chi connectivity index (χ3v) is 5.27. The van der Waals surface area contributed by atoms with Crippen molar-refractivity contribution >= 4 is 29.3 Å². The number of nitrogens with two attached hydrogens (primary N) is 1. The Balaban J connectivity index is 2.07. The molecule has 0 saturated heterocycles. The summed E-state index contributed by atoms with van der Waals surface area (Å²) in [6.45, 7) is 6.53. The summed E-state index contributed by atoms with van der Waals surface area (Å²) < 4.78 is 1.91. The second kappa shape index (κ2) is 7.74. The van der Waals surface area contributed by atoms with Crippen molar-refractivity contribution in [1.82, 2.24) is 14.8 Å². The van der Waals surface area contributed by atoms with Gasteiger partial charge in [-0.25, -0.2) is 0 Å². The molecule has 5 nitrogen and oxygen atoms in total. The first-order chi connectivity index (χ1) is 12.8. The standard InChI is InChI=1S/C20H21ClN4OS/c1-20(2,3)14-6-4-13(5-7-14)18-23-24-19(27-12-17(22)26)25(18)16-10-8-15(21)9-11-16/h4-11H,12H2,1-3H3,(H2,22,26). The summed E-state index contributed by atoms with van der Waals surface area (Å²) >= 11 is 7.28. The van der Waals surface area contributed by atoms with Gasteiger partial charge in [0.2, 0.25) is 5.91 Å². The molecule has 0 fully saturated rings. The number of halogens is 1. The van der Waals surface area contributed by atoms with Gasteiger partial charge in [0.05, 0.1) is 5.75 Å². The molecule has 2 N–H and O–H groups in total. The fourth-order valence-electron chi connectivity index (χ4n) is 2.63. The average Bonchev–Trinajstić information content (AvgIpc) is 3.04. The molecule has 1 amide bonds. The second-order valence-electron chi connectivity index (χ2n) is 7.20. The summed E-state index contributed by atoms with van der Waals surface area (Å²) in [5.74, 6) is 0.431. The fourth-order valence-corrected chi connectivity index (χ4v) is 3.45. The highest BCUT2D eigenvalue weighted by molar-refractivity contribution is 7.99. The topological polar surface area (TPSA) is 73.8 Å². The highest BCUT2D eigenvalue weighted by atomic mass is 35.5. The van der Waals surface area contributed by atoms with Crippen LogP contribution in [0.1, 0.15) is 26.3 Å². The lowest BCUT2D eigenvalue weighted by molar-refractivity contribution is -0.115. The van der Waals surface area contributed by atoms with Crippen molar-refractivity contribution in [3.63, 3.8) is 0 Å². The van der Waals surface area contributed by atoms with Crippen LogP contribution in [0.3, 0.4) is 0 Å². The number of aromatic nitrogens is 3. The van der Waals surface area contributed by atoms with Crippen LogP contribution in [0.25, 0.3) is 17.1 Å². The van der Waals surface area contributed by atoms with Crippen LogP contribution in [-0.2, 0) is 10.2 Å². The Kier molecular flexibility index (Phi) is 5.58. The minimum absolute atomic E-state index is 0.0743. The smallest absolute Gasteiger partial charge is 0.227 e. The van der Waals surface area contributed by atoms with Crippen LogP contribution in [0.4, 0.5) is 0 Å². The molecule has 2 aromatic carbocycles. The van der Waals surface area contributed by atoms with Gasteiger partial charge in [-0.05, 0) is 35.2 Å². The number of hydrogen-bond acceptors (Lipinski definition) is 4. The van der Waals surface area contributed by atoms with E-state index in [9.17, 15) is 4.79 Å². The molecule has 1 heterocycles. The van der Waals surface area contributed by atoms with E-state index < -0.39 is 5.91 Å². The zero-order chi connectivity index (χ0) is 19.6. The number of carbonyl (C=O) groups excluding carboxylic acids is 1. The monoisotopic (exact) mass is 400 g/mol. The van der Waals surface area contributed by atoms with Crippen LogP contribution < -0.4 is 5.73 Å². The molecule has 3 aromatic rings. The van der Waals surface area contributed by atoms with E-state index in [0.29, 0.717) is 16.0 Å². The SMILES string of the molecule is CC(C)(C)c1ccc(-c2nnc(SCC(N)=O)n2-c2ccc(Cl)cc2)cc1. The molecule has 0 aliphatic heterocycles. The van der Waals surface area contributed by atoms with E-state index >= 15 is 0 Å². The Morgan fingerprint density at radius 3 is 2.26 bits per heavy atom. The predicted octanol–water partition coefficient (Wildman–Crippen LogP) is 4.46. The fraction of sp³-hybridized carbons (Fsp3) is 0.250. The van der Waals surface area contributed by atoms with Crippen LogP contribution in [0.2, 0.25) is 5.02 Å². The summed E-state index contributed by atoms with van der Waals surface area (Å²) in [7, 11) is 0. The maximum Gasteiger partial charge on any atom is 0.227 e. The van der Waals surface area contributed by atoms with E-state index in [2.05, 4.69) is 43.1 Å². The molecule has 27 heavy (non-hydrogen) atoms. The van der Waals surface area contributed by atoms with Gasteiger partial charge in [-0.1, -0.05) is 68.4 Å². The second-order valence-corrected chi connectivity index (χ2v) is 8.58. The molecule has 0 aliphatic carbocycles. The van der Waals surface area contributed by atoms with Crippen molar-refractivity contribution in [2.45, 2.75) is 31.3 Å². The molecule has 0 atom stereocenters. The highest BCUT2D eigenvalue weighted by Gasteiger charge is 2.18. The number of thioether (sulfide) groups is 1. The lowest BCUT2D eigenvalue weighted by Crippen LogP contribution is -2.13. The average molecular weight is 401 g/mol. The summed E-state index contributed by atoms with van der Waals surface area (Å²) in [6, 6.07) is 15.7. The molecule has 0 saturated carbocycles. The lowest BCUT2D eigenvalue weighted by Gasteiger charge is -2.19. The van der Waals surface area contributed by atoms with Crippen molar-refractivity contribution < 1.29 is 4.79 Å². The molecule has 0 bridgehead atoms. The van der Waals surface area contributed by atoms with Gasteiger partial charge in [0.1, 0.15) is 0 Å². The first kappa shape index (κ1) is 19.5. The van der Waals surface area contributed by atoms with E-state index in [0.717, 1.165) is 11.3 Å². The molecule has 0 unspecified atom stereocenters. The quantitative estimate of drug-likeness (QED) is 0.641. The Hall–Kier alpha value is -2.31. The van der Waals surface area contributed by atoms with Gasteiger partial charge in [0, 0.05) is 16.3 Å². The summed E-state index contributed by atoms with van der Waals surface area (Å²) in [4.78, 5) is 11.2. The van der Waals surface area contributed by atoms with Crippen LogP contribution in [-0.4, -0.2) is 26.4 Å². The molecular weight excluding hydrogens is 380 g/mol. The van der Waals surface area contributed by atoms with E-state index in [1.165, 1.54) is 17.3 Å². The van der Waals surface area contributed by atoms with Crippen molar-refractivity contribution in [3.8, 4) is 17.1 Å². The summed E-state index contributed by atoms with van der Waals surface area (Å²) in [6.07, 6.45) is 0. The molecule has 140 valence electrons. The minimum atomic E-state index is -0.401. The normalized spacial score (nSPS) is 11.6. The number of amides is 1. The lowest BCUT2D eigenvalue weighted by atomic mass is 9.87. The number of primary amides is 1. The number of rotatable bonds is 5. The molecule has 3 rings (SSSR count). The number of benzene rings is 2. The Labute approximate surface area is 167 Å². The Bertz CT molecular complexity index is 944. The van der Waals surface area contributed by atoms with Crippen molar-refractivity contribution in [1.29, 1.82) is 0 Å². The van der Waals surface area contributed by atoms with E-state index in [1.807, 2.05) is 41.0 Å². The van der Waals surface area contributed by atoms with Gasteiger partial charge in [0.15, 0.2) is 11.0 Å². The van der Waals surface area contributed by atoms with E-state index in [-0.39, 0.29) is 11.2 Å². The van der Waals surface area contributed by atoms with Gasteiger partial charge in [-0.15, -0.1) is 10.2 Å². The first-order valence-corrected chi connectivity index (χ1v) is 9.85. The highest BCUT2D eigenvalue weighted by Crippen LogP contribution is 2.30. The zero-order valence-electron chi connectivity index (χ0n) is 15.4. The number of nitrogens with zero attached hydrogens (tertiary/aromatic N) is 3. The van der Waals surface area contributed by atoms with Gasteiger partial charge in [-0.2, -0.15) is 0 Å². The van der Waals surface area contributed by atoms with Gasteiger partial charge < -0.3 is 5.73 Å². The third-order valence-electron chi connectivity index (χ3n) is 4.07. The van der Waals surface area contributed by atoms with Gasteiger partial charge in [-0.3, -0.25) is 9.36 Å². The Morgan fingerprint density at radius 2 is 1.70 bits per heavy atom. The van der Waals surface area contributed by atoms with Crippen molar-refractivity contribution in [3.05, 3.63) is 59.1 Å². The number of carbonyl (C=O) groups is 1. The van der Waals surface area contributed by atoms with Crippen LogP contribution in [0, 0.1) is 0 Å². The van der Waals surface area contributed by atoms with Crippen molar-refractivity contribution in [2.75, 3.05) is 5.75 Å². The number of hydrogen-bond donors (Lipinski definition) is 1. The van der Waals surface area contributed by atoms with Crippen molar-refractivity contribution in [2.24, 2.45) is 5.73 Å². The zero-order valence-corrected chi connectivity index (χ0v) is 17.0. The van der Waals surface area contributed by atoms with Crippen LogP contribution >= 0.6 is 23.4 Å². The molecule has 0 aliphatic rings. The molecule has 0 radical (unpaired) electrons. The van der Waals surface area contributed by atoms with Gasteiger partial charge >= 0.3 is 0 Å². The maximum atomic E-state index is 11.2. The molecule has 0 spiro atoms. The first-order valence-electron chi connectivity index (χ1n) is 8.49. The molecule has 1 aromatic heterocycles. The Morgan fingerprint density at radius 1 is 1.07 bits per heavy atom.